The molecule has 0 aliphatic rings. The minimum atomic E-state index is -5.08. The van der Waals surface area contributed by atoms with Crippen LogP contribution in [-0.4, -0.2) is 48.7 Å². The van der Waals surface area contributed by atoms with Crippen molar-refractivity contribution in [1.82, 2.24) is 4.57 Å². The minimum Gasteiger partial charge on any atom is -0.475 e. The molecule has 0 fully saturated rings. The van der Waals surface area contributed by atoms with E-state index in [4.69, 9.17) is 55.1 Å². The summed E-state index contributed by atoms with van der Waals surface area (Å²) < 4.78 is 60.5. The van der Waals surface area contributed by atoms with Gasteiger partial charge in [-0.2, -0.15) is 13.2 Å². The molecule has 8 N–H and O–H groups in total. The lowest BCUT2D eigenvalue weighted by atomic mass is 10.1. The first-order chi connectivity index (χ1) is 17.4. The second-order valence-electron chi connectivity index (χ2n) is 7.08. The van der Waals surface area contributed by atoms with E-state index < -0.39 is 39.7 Å². The fraction of sp³-hybridized carbons (Fsp3) is 0.263. The smallest absolute Gasteiger partial charge is 0.475 e. The molecule has 1 atom stereocenters. The maximum Gasteiger partial charge on any atom is 0.490 e. The average molecular weight is 605 g/mol. The van der Waals surface area contributed by atoms with Crippen LogP contribution in [0.2, 0.25) is 10.0 Å². The van der Waals surface area contributed by atoms with E-state index in [1.807, 2.05) is 0 Å². The Morgan fingerprint density at radius 2 is 1.76 bits per heavy atom. The number of halogens is 5. The Bertz CT molecular complexity index is 1380. The highest BCUT2D eigenvalue weighted by molar-refractivity contribution is 7.92. The predicted octanol–water partition coefficient (Wildman–Crippen LogP) is 1.52. The lowest BCUT2D eigenvalue weighted by Gasteiger charge is -2.20. The molecule has 0 spiro atoms. The molecular weight excluding hydrogens is 584 g/mol. The topological polar surface area (TPSA) is 222 Å². The number of rotatable bonds is 9. The molecule has 0 aliphatic carbocycles. The minimum absolute atomic E-state index is 0.0282. The summed E-state index contributed by atoms with van der Waals surface area (Å²) in [4.78, 5) is 38.4. The SMILES string of the molecule is Cc1ccc(NS(=O)(=O)c2cccc(Cl)c2Cl)c(=O)n1C(CCON=C(N)N)C(N)=O.O=C(O)C(F)(F)F. The van der Waals surface area contributed by atoms with Crippen LogP contribution in [0.15, 0.2) is 45.2 Å². The quantitative estimate of drug-likeness (QED) is 0.121. The van der Waals surface area contributed by atoms with Crippen molar-refractivity contribution in [2.24, 2.45) is 22.4 Å². The number of aromatic nitrogens is 1. The second kappa shape index (κ2) is 13.2. The van der Waals surface area contributed by atoms with Gasteiger partial charge in [-0.05, 0) is 36.3 Å². The number of primary amides is 1. The number of anilines is 1. The molecule has 0 aliphatic heterocycles. The summed E-state index contributed by atoms with van der Waals surface area (Å²) >= 11 is 11.9. The fourth-order valence-electron chi connectivity index (χ4n) is 2.68. The zero-order chi connectivity index (χ0) is 29.4. The van der Waals surface area contributed by atoms with E-state index in [-0.39, 0.29) is 39.6 Å². The molecule has 210 valence electrons. The first kappa shape index (κ1) is 32.3. The molecule has 19 heteroatoms. The lowest BCUT2D eigenvalue weighted by Crippen LogP contribution is -2.37. The number of nitrogens with two attached hydrogens (primary N) is 3. The maximum absolute atomic E-state index is 13.0. The normalized spacial score (nSPS) is 11.9. The number of alkyl halides is 3. The van der Waals surface area contributed by atoms with Crippen molar-refractivity contribution in [3.63, 3.8) is 0 Å². The van der Waals surface area contributed by atoms with Gasteiger partial charge in [-0.25, -0.2) is 13.2 Å². The molecule has 2 rings (SSSR count). The van der Waals surface area contributed by atoms with E-state index in [0.29, 0.717) is 5.69 Å². The second-order valence-corrected chi connectivity index (χ2v) is 9.52. The third-order valence-electron chi connectivity index (χ3n) is 4.31. The Morgan fingerprint density at radius 1 is 1.18 bits per heavy atom. The number of amides is 1. The first-order valence-corrected chi connectivity index (χ1v) is 12.1. The van der Waals surface area contributed by atoms with E-state index in [1.54, 1.807) is 6.92 Å². The number of carbonyl (C=O) groups is 2. The molecule has 1 amide bonds. The predicted molar refractivity (Wildman–Crippen MR) is 131 cm³/mol. The summed E-state index contributed by atoms with van der Waals surface area (Å²) in [5.74, 6) is -3.91. The van der Waals surface area contributed by atoms with Crippen molar-refractivity contribution in [3.05, 3.63) is 56.4 Å². The summed E-state index contributed by atoms with van der Waals surface area (Å²) in [5.41, 5.74) is 15.0. The van der Waals surface area contributed by atoms with Crippen molar-refractivity contribution in [2.75, 3.05) is 11.3 Å². The van der Waals surface area contributed by atoms with Crippen LogP contribution in [0.4, 0.5) is 18.9 Å². The van der Waals surface area contributed by atoms with Gasteiger partial charge in [-0.3, -0.25) is 18.9 Å². The van der Waals surface area contributed by atoms with Crippen LogP contribution in [0.1, 0.15) is 18.2 Å². The Balaban J connectivity index is 0.000000905. The standard InChI is InChI=1S/C17H20Cl2N6O5S.C2HF3O2/c1-9-5-6-11(24-31(28,29)13-4-2-3-10(18)14(13)19)16(27)25(9)12(15(20)26)7-8-30-23-17(21)22;3-2(4,5)1(6)7/h2-6,12,24H,7-8H2,1H3,(H2,20,26)(H4,21,22,23);(H,6,7). The van der Waals surface area contributed by atoms with Gasteiger partial charge in [0.1, 0.15) is 23.2 Å². The number of hydrogen-bond donors (Lipinski definition) is 5. The van der Waals surface area contributed by atoms with Gasteiger partial charge in [0.25, 0.3) is 15.6 Å². The van der Waals surface area contributed by atoms with E-state index >= 15 is 0 Å². The van der Waals surface area contributed by atoms with Crippen molar-refractivity contribution in [1.29, 1.82) is 0 Å². The van der Waals surface area contributed by atoms with E-state index in [0.717, 1.165) is 4.57 Å². The number of benzene rings is 1. The maximum atomic E-state index is 13.0. The van der Waals surface area contributed by atoms with Crippen molar-refractivity contribution in [2.45, 2.75) is 30.5 Å². The molecule has 1 heterocycles. The number of oxime groups is 1. The highest BCUT2D eigenvalue weighted by Gasteiger charge is 2.38. The van der Waals surface area contributed by atoms with Crippen LogP contribution in [0, 0.1) is 6.92 Å². The first-order valence-electron chi connectivity index (χ1n) is 9.89. The molecule has 0 bridgehead atoms. The van der Waals surface area contributed by atoms with E-state index in [2.05, 4.69) is 9.88 Å². The van der Waals surface area contributed by atoms with Crippen LogP contribution >= 0.6 is 23.2 Å². The van der Waals surface area contributed by atoms with Gasteiger partial charge in [-0.15, -0.1) is 0 Å². The van der Waals surface area contributed by atoms with Gasteiger partial charge in [0.2, 0.25) is 11.9 Å². The molecule has 2 aromatic rings. The number of carboxylic acid groups (broad SMARTS) is 1. The van der Waals surface area contributed by atoms with Crippen LogP contribution in [0.5, 0.6) is 0 Å². The number of carbonyl (C=O) groups excluding carboxylic acids is 1. The number of guanidine groups is 1. The number of hydrogen-bond acceptors (Lipinski definition) is 7. The lowest BCUT2D eigenvalue weighted by molar-refractivity contribution is -0.192. The summed E-state index contributed by atoms with van der Waals surface area (Å²) in [6.45, 7) is 1.42. The van der Waals surface area contributed by atoms with Gasteiger partial charge >= 0.3 is 12.1 Å². The number of sulfonamides is 1. The van der Waals surface area contributed by atoms with Gasteiger partial charge < -0.3 is 27.1 Å². The van der Waals surface area contributed by atoms with Gasteiger partial charge in [0.15, 0.2) is 0 Å². The fourth-order valence-corrected chi connectivity index (χ4v) is 4.50. The Labute approximate surface area is 223 Å². The molecule has 38 heavy (non-hydrogen) atoms. The Hall–Kier alpha value is -3.70. The van der Waals surface area contributed by atoms with E-state index in [1.165, 1.54) is 30.3 Å². The molecule has 1 aromatic heterocycles. The summed E-state index contributed by atoms with van der Waals surface area (Å²) in [6.07, 6.45) is -5.14. The zero-order valence-corrected chi connectivity index (χ0v) is 21.5. The van der Waals surface area contributed by atoms with Gasteiger partial charge in [-0.1, -0.05) is 29.3 Å². The van der Waals surface area contributed by atoms with Crippen molar-refractivity contribution < 1.29 is 41.1 Å². The van der Waals surface area contributed by atoms with Gasteiger partial charge in [0, 0.05) is 12.1 Å². The summed E-state index contributed by atoms with van der Waals surface area (Å²) in [6, 6.07) is 5.61. The number of nitrogens with one attached hydrogen (secondary N) is 1. The number of aryl methyl sites for hydroxylation is 1. The zero-order valence-electron chi connectivity index (χ0n) is 19.2. The largest absolute Gasteiger partial charge is 0.490 e. The molecule has 0 saturated heterocycles. The summed E-state index contributed by atoms with van der Waals surface area (Å²) in [7, 11) is -4.26. The molecule has 13 nitrogen and oxygen atoms in total. The third-order valence-corrected chi connectivity index (χ3v) is 6.64. The number of nitrogens with zero attached hydrogens (tertiary/aromatic N) is 2. The van der Waals surface area contributed by atoms with Crippen LogP contribution < -0.4 is 27.5 Å². The van der Waals surface area contributed by atoms with Crippen LogP contribution in [0.3, 0.4) is 0 Å². The Kier molecular flexibility index (Phi) is 11.2. The summed E-state index contributed by atoms with van der Waals surface area (Å²) in [5, 5.41) is 10.3. The number of aliphatic carboxylic acids is 1. The molecule has 0 radical (unpaired) electrons. The van der Waals surface area contributed by atoms with Crippen molar-refractivity contribution >= 4 is 56.7 Å². The molecular formula is C19H21Cl2F3N6O7S. The van der Waals surface area contributed by atoms with Crippen LogP contribution in [-0.2, 0) is 24.4 Å². The highest BCUT2D eigenvalue weighted by atomic mass is 35.5. The average Bonchev–Trinajstić information content (AvgIpc) is 2.78. The van der Waals surface area contributed by atoms with Crippen LogP contribution in [0.25, 0.3) is 0 Å². The third kappa shape index (κ3) is 9.00. The van der Waals surface area contributed by atoms with Gasteiger partial charge in [0.05, 0.1) is 10.0 Å². The monoisotopic (exact) mass is 604 g/mol. The molecule has 1 unspecified atom stereocenters. The van der Waals surface area contributed by atoms with E-state index in [9.17, 15) is 31.2 Å². The molecule has 1 aromatic carbocycles. The number of pyridine rings is 1. The highest BCUT2D eigenvalue weighted by Crippen LogP contribution is 2.30. The molecule has 0 saturated carbocycles. The number of carboxylic acids is 1. The van der Waals surface area contributed by atoms with Crippen molar-refractivity contribution in [3.8, 4) is 0 Å². The Morgan fingerprint density at radius 3 is 2.26 bits per heavy atom.